The number of aromatic nitrogens is 5. The number of imidazole rings is 1. The maximum absolute atomic E-state index is 5.39. The largest absolute Gasteiger partial charge is 0.339 e. The minimum atomic E-state index is -2.71. The third kappa shape index (κ3) is 4.01. The number of nitrogens with zero attached hydrogens (tertiary/aromatic N) is 5. The molecule has 4 aromatic carbocycles. The summed E-state index contributed by atoms with van der Waals surface area (Å²) in [5.41, 5.74) is 8.92. The van der Waals surface area contributed by atoms with Crippen LogP contribution in [0.25, 0.3) is 56.2 Å². The van der Waals surface area contributed by atoms with E-state index in [1.807, 2.05) is 36.5 Å². The van der Waals surface area contributed by atoms with Crippen LogP contribution in [-0.2, 0) is 0 Å². The van der Waals surface area contributed by atoms with E-state index < -0.39 is 8.24 Å². The Morgan fingerprint density at radius 3 is 1.98 bits per heavy atom. The van der Waals surface area contributed by atoms with Gasteiger partial charge in [0.05, 0.1) is 28.1 Å². The van der Waals surface area contributed by atoms with Crippen molar-refractivity contribution in [2.75, 3.05) is 0 Å². The summed E-state index contributed by atoms with van der Waals surface area (Å²) < 4.78 is 2.58. The summed E-state index contributed by atoms with van der Waals surface area (Å²) in [6.45, 7) is 0. The summed E-state index contributed by atoms with van der Waals surface area (Å²) in [4.78, 5) is 19.3. The van der Waals surface area contributed by atoms with Gasteiger partial charge in [0.1, 0.15) is 5.82 Å². The summed E-state index contributed by atoms with van der Waals surface area (Å²) >= 11 is 0. The highest BCUT2D eigenvalue weighted by Crippen LogP contribution is 2.37. The number of hydrogen-bond donors (Lipinski definition) is 0. The van der Waals surface area contributed by atoms with E-state index in [4.69, 9.17) is 9.97 Å². The maximum atomic E-state index is 5.39. The molecular weight excluding hydrogens is 579 g/mol. The first kappa shape index (κ1) is 26.4. The lowest BCUT2D eigenvalue weighted by molar-refractivity contribution is 1.23. The Labute approximate surface area is 267 Å². The van der Waals surface area contributed by atoms with Gasteiger partial charge in [-0.1, -0.05) is 97.1 Å². The topological polar surface area (TPSA) is 56.5 Å². The van der Waals surface area contributed by atoms with Crippen molar-refractivity contribution >= 4 is 34.8 Å². The van der Waals surface area contributed by atoms with Crippen LogP contribution in [0.3, 0.4) is 0 Å². The third-order valence-electron chi connectivity index (χ3n) is 8.97. The normalized spacial score (nSPS) is 13.0. The summed E-state index contributed by atoms with van der Waals surface area (Å²) in [6, 6.07) is 51.7. The van der Waals surface area contributed by atoms with Gasteiger partial charge < -0.3 is 4.23 Å². The molecule has 5 nitrogen and oxygen atoms in total. The number of fused-ring (bicyclic) bond motifs is 5. The molecule has 6 heteroatoms. The molecule has 0 aliphatic carbocycles. The lowest BCUT2D eigenvalue weighted by Gasteiger charge is -2.32. The quantitative estimate of drug-likeness (QED) is 0.205. The van der Waals surface area contributed by atoms with Gasteiger partial charge in [0.25, 0.3) is 8.24 Å². The van der Waals surface area contributed by atoms with E-state index in [1.54, 1.807) is 12.4 Å². The van der Waals surface area contributed by atoms with E-state index in [0.717, 1.165) is 50.6 Å². The standard InChI is InChI=1S/C40H27N5Si/c1-3-13-31(14-4-1)46(32-15-5-2-6-16-32)39-19-8-7-17-33(39)40-44-37-24-28(20-21-38(37)45(40)46)30-25-35(29-12-11-22-41-27-29)43-36(26-30)34-18-9-10-23-42-34/h1-27H. The van der Waals surface area contributed by atoms with Gasteiger partial charge in [0.15, 0.2) is 0 Å². The van der Waals surface area contributed by atoms with Crippen molar-refractivity contribution in [1.82, 2.24) is 24.2 Å². The molecule has 46 heavy (non-hydrogen) atoms. The molecule has 0 saturated heterocycles. The predicted molar refractivity (Wildman–Crippen MR) is 188 cm³/mol. The first-order valence-corrected chi connectivity index (χ1v) is 17.3. The smallest absolute Gasteiger partial charge is 0.259 e. The highest BCUT2D eigenvalue weighted by Gasteiger charge is 2.50. The van der Waals surface area contributed by atoms with E-state index >= 15 is 0 Å². The fourth-order valence-electron chi connectivity index (χ4n) is 6.99. The molecule has 0 unspecified atom stereocenters. The zero-order valence-corrected chi connectivity index (χ0v) is 25.8. The Bertz CT molecular complexity index is 2260. The van der Waals surface area contributed by atoms with Crippen molar-refractivity contribution in [3.63, 3.8) is 0 Å². The van der Waals surface area contributed by atoms with Crippen LogP contribution in [0.5, 0.6) is 0 Å². The van der Waals surface area contributed by atoms with Gasteiger partial charge >= 0.3 is 0 Å². The fraction of sp³-hybridized carbons (Fsp3) is 0. The molecule has 9 rings (SSSR count). The molecule has 1 aliphatic rings. The number of rotatable bonds is 5. The first-order chi connectivity index (χ1) is 22.8. The maximum Gasteiger partial charge on any atom is 0.259 e. The minimum absolute atomic E-state index is 0.817. The number of pyridine rings is 3. The van der Waals surface area contributed by atoms with Crippen molar-refractivity contribution < 1.29 is 0 Å². The minimum Gasteiger partial charge on any atom is -0.339 e. The second kappa shape index (κ2) is 10.6. The Balaban J connectivity index is 1.29. The Morgan fingerprint density at radius 2 is 1.24 bits per heavy atom. The van der Waals surface area contributed by atoms with Crippen molar-refractivity contribution in [1.29, 1.82) is 0 Å². The van der Waals surface area contributed by atoms with Gasteiger partial charge in [-0.3, -0.25) is 9.97 Å². The molecular formula is C40H27N5Si. The average Bonchev–Trinajstić information content (AvgIpc) is 3.66. The van der Waals surface area contributed by atoms with Gasteiger partial charge in [0, 0.05) is 29.7 Å². The average molecular weight is 606 g/mol. The highest BCUT2D eigenvalue weighted by molar-refractivity contribution is 7.12. The van der Waals surface area contributed by atoms with Gasteiger partial charge in [-0.15, -0.1) is 0 Å². The lowest BCUT2D eigenvalue weighted by Crippen LogP contribution is -2.70. The molecule has 0 bridgehead atoms. The molecule has 0 amide bonds. The van der Waals surface area contributed by atoms with E-state index in [9.17, 15) is 0 Å². The van der Waals surface area contributed by atoms with E-state index in [0.29, 0.717) is 0 Å². The molecule has 0 saturated carbocycles. The molecule has 1 aliphatic heterocycles. The molecule has 5 heterocycles. The monoisotopic (exact) mass is 605 g/mol. The van der Waals surface area contributed by atoms with Gasteiger partial charge in [-0.2, -0.15) is 0 Å². The van der Waals surface area contributed by atoms with Crippen LogP contribution in [0.4, 0.5) is 0 Å². The summed E-state index contributed by atoms with van der Waals surface area (Å²) in [5.74, 6) is 1.03. The van der Waals surface area contributed by atoms with Gasteiger partial charge in [-0.05, 0) is 75.2 Å². The number of benzene rings is 4. The second-order valence-corrected chi connectivity index (χ2v) is 15.1. The number of hydrogen-bond acceptors (Lipinski definition) is 4. The predicted octanol–water partition coefficient (Wildman–Crippen LogP) is 6.72. The molecule has 4 aromatic heterocycles. The van der Waals surface area contributed by atoms with Crippen LogP contribution in [0.2, 0.25) is 0 Å². The molecule has 0 fully saturated rings. The lowest BCUT2D eigenvalue weighted by atomic mass is 10.0. The summed E-state index contributed by atoms with van der Waals surface area (Å²) in [5, 5.41) is 4.05. The molecule has 0 N–H and O–H groups in total. The Hall–Kier alpha value is -5.98. The SMILES string of the molecule is c1ccc([Si]2(c3ccccc3)c3ccccc3-c3nc4cc(-c5cc(-c6cccnc6)nc(-c6ccccn6)c5)ccc4n32)cc1. The zero-order valence-electron chi connectivity index (χ0n) is 24.8. The highest BCUT2D eigenvalue weighted by atomic mass is 28.3. The molecule has 0 radical (unpaired) electrons. The molecule has 216 valence electrons. The van der Waals surface area contributed by atoms with Crippen molar-refractivity contribution in [3.8, 4) is 45.2 Å². The van der Waals surface area contributed by atoms with Crippen molar-refractivity contribution in [3.05, 3.63) is 164 Å². The van der Waals surface area contributed by atoms with Crippen LogP contribution >= 0.6 is 0 Å². The second-order valence-electron chi connectivity index (χ2n) is 11.5. The van der Waals surface area contributed by atoms with E-state index in [-0.39, 0.29) is 0 Å². The third-order valence-corrected chi connectivity index (χ3v) is 13.7. The molecule has 0 spiro atoms. The van der Waals surface area contributed by atoms with Crippen LogP contribution in [-0.4, -0.2) is 32.4 Å². The first-order valence-electron chi connectivity index (χ1n) is 15.4. The summed E-state index contributed by atoms with van der Waals surface area (Å²) in [7, 11) is -2.71. The van der Waals surface area contributed by atoms with Crippen molar-refractivity contribution in [2.45, 2.75) is 0 Å². The van der Waals surface area contributed by atoms with E-state index in [2.05, 4.69) is 129 Å². The fourth-order valence-corrected chi connectivity index (χ4v) is 12.0. The van der Waals surface area contributed by atoms with Crippen LogP contribution in [0.15, 0.2) is 164 Å². The van der Waals surface area contributed by atoms with Crippen LogP contribution < -0.4 is 15.6 Å². The van der Waals surface area contributed by atoms with Crippen LogP contribution in [0.1, 0.15) is 0 Å². The van der Waals surface area contributed by atoms with Gasteiger partial charge in [0.2, 0.25) is 0 Å². The summed E-state index contributed by atoms with van der Waals surface area (Å²) in [6.07, 6.45) is 5.44. The molecule has 8 aromatic rings. The zero-order chi connectivity index (χ0) is 30.5. The Kier molecular flexibility index (Phi) is 6.08. The molecule has 0 atom stereocenters. The van der Waals surface area contributed by atoms with E-state index in [1.165, 1.54) is 21.1 Å². The van der Waals surface area contributed by atoms with Crippen molar-refractivity contribution in [2.24, 2.45) is 0 Å². The van der Waals surface area contributed by atoms with Crippen LogP contribution in [0, 0.1) is 0 Å². The van der Waals surface area contributed by atoms with Gasteiger partial charge in [-0.25, -0.2) is 9.97 Å². The Morgan fingerprint density at radius 1 is 0.500 bits per heavy atom.